The molecule has 0 saturated carbocycles. The summed E-state index contributed by atoms with van der Waals surface area (Å²) >= 11 is 6.69. The van der Waals surface area contributed by atoms with E-state index in [2.05, 4.69) is 4.98 Å². The average molecular weight is 238 g/mol. The van der Waals surface area contributed by atoms with Crippen molar-refractivity contribution < 1.29 is 4.79 Å². The highest BCUT2D eigenvalue weighted by atomic mass is 32.2. The predicted octanol–water partition coefficient (Wildman–Crippen LogP) is 1.94. The molecule has 2 rings (SSSR count). The van der Waals surface area contributed by atoms with E-state index in [4.69, 9.17) is 12.2 Å². The van der Waals surface area contributed by atoms with Crippen LogP contribution in [0.1, 0.15) is 17.3 Å². The number of amides is 1. The summed E-state index contributed by atoms with van der Waals surface area (Å²) in [5.74, 6) is 0.829. The monoisotopic (exact) mass is 238 g/mol. The van der Waals surface area contributed by atoms with Gasteiger partial charge in [0.1, 0.15) is 4.32 Å². The quantitative estimate of drug-likeness (QED) is 0.700. The zero-order valence-electron chi connectivity index (χ0n) is 8.21. The summed E-state index contributed by atoms with van der Waals surface area (Å²) in [5, 5.41) is 0. The fraction of sp³-hybridized carbons (Fsp3) is 0.300. The summed E-state index contributed by atoms with van der Waals surface area (Å²) in [6.07, 6.45) is 3.22. The Hall–Kier alpha value is -0.940. The fourth-order valence-corrected chi connectivity index (χ4v) is 2.83. The van der Waals surface area contributed by atoms with E-state index in [1.54, 1.807) is 41.2 Å². The second-order valence-corrected chi connectivity index (χ2v) is 5.00. The molecule has 0 aromatic carbocycles. The molecule has 3 nitrogen and oxygen atoms in total. The third-order valence-corrected chi connectivity index (χ3v) is 3.86. The third-order valence-electron chi connectivity index (χ3n) is 2.21. The lowest BCUT2D eigenvalue weighted by Gasteiger charge is -2.19. The summed E-state index contributed by atoms with van der Waals surface area (Å²) in [4.78, 5) is 17.6. The standard InChI is InChI=1S/C10H10N2OS2/c1-7-6-15-10(14)12(7)9(13)8-3-2-4-11-5-8/h2-5,7H,6H2,1H3. The van der Waals surface area contributed by atoms with Gasteiger partial charge in [0.15, 0.2) is 0 Å². The Labute approximate surface area is 97.9 Å². The van der Waals surface area contributed by atoms with Crippen molar-refractivity contribution in [3.63, 3.8) is 0 Å². The number of hydrogen-bond acceptors (Lipinski definition) is 4. The first kappa shape index (κ1) is 10.6. The van der Waals surface area contributed by atoms with Crippen molar-refractivity contribution in [3.05, 3.63) is 30.1 Å². The second kappa shape index (κ2) is 4.28. The predicted molar refractivity (Wildman–Crippen MR) is 64.9 cm³/mol. The van der Waals surface area contributed by atoms with Gasteiger partial charge >= 0.3 is 0 Å². The summed E-state index contributed by atoms with van der Waals surface area (Å²) in [6, 6.07) is 3.69. The van der Waals surface area contributed by atoms with Crippen LogP contribution in [0.2, 0.25) is 0 Å². The summed E-state index contributed by atoms with van der Waals surface area (Å²) in [7, 11) is 0. The van der Waals surface area contributed by atoms with Crippen LogP contribution in [0, 0.1) is 0 Å². The Bertz CT molecular complexity index is 394. The van der Waals surface area contributed by atoms with Crippen molar-refractivity contribution in [2.75, 3.05) is 5.75 Å². The first-order valence-corrected chi connectivity index (χ1v) is 6.00. The highest BCUT2D eigenvalue weighted by Gasteiger charge is 2.31. The van der Waals surface area contributed by atoms with Gasteiger partial charge in [-0.15, -0.1) is 0 Å². The molecule has 1 aliphatic rings. The van der Waals surface area contributed by atoms with E-state index in [0.29, 0.717) is 9.88 Å². The molecule has 1 fully saturated rings. The molecule has 78 valence electrons. The lowest BCUT2D eigenvalue weighted by molar-refractivity contribution is 0.0830. The maximum Gasteiger partial charge on any atom is 0.261 e. The maximum absolute atomic E-state index is 12.1. The molecule has 0 aliphatic carbocycles. The van der Waals surface area contributed by atoms with Crippen LogP contribution in [-0.2, 0) is 0 Å². The first-order valence-electron chi connectivity index (χ1n) is 4.60. The van der Waals surface area contributed by atoms with Gasteiger partial charge in [0.2, 0.25) is 0 Å². The van der Waals surface area contributed by atoms with Crippen molar-refractivity contribution in [2.24, 2.45) is 0 Å². The number of aromatic nitrogens is 1. The van der Waals surface area contributed by atoms with Crippen LogP contribution in [0.4, 0.5) is 0 Å². The Kier molecular flexibility index (Phi) is 3.02. The highest BCUT2D eigenvalue weighted by molar-refractivity contribution is 8.23. The molecule has 1 atom stereocenters. The first-order chi connectivity index (χ1) is 7.20. The Morgan fingerprint density at radius 3 is 3.07 bits per heavy atom. The SMILES string of the molecule is CC1CSC(=S)N1C(=O)c1cccnc1. The van der Waals surface area contributed by atoms with Crippen LogP contribution < -0.4 is 0 Å². The number of thiocarbonyl (C=S) groups is 1. The van der Waals surface area contributed by atoms with E-state index in [1.807, 2.05) is 6.92 Å². The van der Waals surface area contributed by atoms with Crippen LogP contribution in [0.15, 0.2) is 24.5 Å². The highest BCUT2D eigenvalue weighted by Crippen LogP contribution is 2.25. The van der Waals surface area contributed by atoms with Crippen LogP contribution >= 0.6 is 24.0 Å². The Morgan fingerprint density at radius 1 is 1.73 bits per heavy atom. The molecule has 1 saturated heterocycles. The van der Waals surface area contributed by atoms with Crippen molar-refractivity contribution >= 4 is 34.2 Å². The van der Waals surface area contributed by atoms with Gasteiger partial charge in [0.05, 0.1) is 5.56 Å². The third kappa shape index (κ3) is 2.03. The fourth-order valence-electron chi connectivity index (χ4n) is 1.43. The molecular weight excluding hydrogens is 228 g/mol. The van der Waals surface area contributed by atoms with E-state index >= 15 is 0 Å². The minimum absolute atomic E-state index is 0.0504. The molecule has 1 aromatic rings. The van der Waals surface area contributed by atoms with Gasteiger partial charge in [0, 0.05) is 24.2 Å². The van der Waals surface area contributed by atoms with Crippen molar-refractivity contribution in [2.45, 2.75) is 13.0 Å². The van der Waals surface area contributed by atoms with Crippen LogP contribution in [0.3, 0.4) is 0 Å². The average Bonchev–Trinajstić information content (AvgIpc) is 2.59. The number of carbonyl (C=O) groups excluding carboxylic acids is 1. The zero-order valence-corrected chi connectivity index (χ0v) is 9.85. The molecule has 2 heterocycles. The smallest absolute Gasteiger partial charge is 0.261 e. The van der Waals surface area contributed by atoms with E-state index < -0.39 is 0 Å². The van der Waals surface area contributed by atoms with Gasteiger partial charge in [-0.1, -0.05) is 24.0 Å². The molecule has 5 heteroatoms. The van der Waals surface area contributed by atoms with Gasteiger partial charge in [-0.3, -0.25) is 14.7 Å². The minimum atomic E-state index is -0.0504. The summed E-state index contributed by atoms with van der Waals surface area (Å²) < 4.78 is 0.663. The number of carbonyl (C=O) groups is 1. The van der Waals surface area contributed by atoms with Gasteiger partial charge in [0.25, 0.3) is 5.91 Å². The van der Waals surface area contributed by atoms with Crippen molar-refractivity contribution in [1.82, 2.24) is 9.88 Å². The van der Waals surface area contributed by atoms with E-state index in [0.717, 1.165) is 5.75 Å². The molecule has 1 aromatic heterocycles. The Balaban J connectivity index is 2.25. The molecule has 1 amide bonds. The Morgan fingerprint density at radius 2 is 2.53 bits per heavy atom. The van der Waals surface area contributed by atoms with Gasteiger partial charge in [-0.05, 0) is 19.1 Å². The number of pyridine rings is 1. The molecule has 0 radical (unpaired) electrons. The largest absolute Gasteiger partial charge is 0.290 e. The van der Waals surface area contributed by atoms with Crippen LogP contribution in [0.25, 0.3) is 0 Å². The second-order valence-electron chi connectivity index (χ2n) is 3.34. The molecule has 15 heavy (non-hydrogen) atoms. The number of nitrogens with zero attached hydrogens (tertiary/aromatic N) is 2. The zero-order chi connectivity index (χ0) is 10.8. The molecule has 0 N–H and O–H groups in total. The van der Waals surface area contributed by atoms with E-state index in [9.17, 15) is 4.79 Å². The molecular formula is C10H10N2OS2. The number of rotatable bonds is 1. The van der Waals surface area contributed by atoms with Crippen LogP contribution in [0.5, 0.6) is 0 Å². The van der Waals surface area contributed by atoms with Crippen molar-refractivity contribution in [3.8, 4) is 0 Å². The number of thioether (sulfide) groups is 1. The maximum atomic E-state index is 12.1. The van der Waals surface area contributed by atoms with Gasteiger partial charge in [-0.25, -0.2) is 0 Å². The lowest BCUT2D eigenvalue weighted by atomic mass is 10.2. The normalized spacial score (nSPS) is 20.7. The lowest BCUT2D eigenvalue weighted by Crippen LogP contribution is -2.36. The summed E-state index contributed by atoms with van der Waals surface area (Å²) in [6.45, 7) is 2.00. The summed E-state index contributed by atoms with van der Waals surface area (Å²) in [5.41, 5.74) is 0.592. The molecule has 1 unspecified atom stereocenters. The topological polar surface area (TPSA) is 33.2 Å². The molecule has 0 spiro atoms. The van der Waals surface area contributed by atoms with Crippen LogP contribution in [-0.4, -0.2) is 31.9 Å². The van der Waals surface area contributed by atoms with Gasteiger partial charge in [-0.2, -0.15) is 0 Å². The molecule has 0 bridgehead atoms. The van der Waals surface area contributed by atoms with E-state index in [-0.39, 0.29) is 11.9 Å². The minimum Gasteiger partial charge on any atom is -0.290 e. The van der Waals surface area contributed by atoms with E-state index in [1.165, 1.54) is 0 Å². The van der Waals surface area contributed by atoms with Crippen molar-refractivity contribution in [1.29, 1.82) is 0 Å². The van der Waals surface area contributed by atoms with Gasteiger partial charge < -0.3 is 0 Å². The molecule has 1 aliphatic heterocycles. The number of hydrogen-bond donors (Lipinski definition) is 0.